The number of aromatic nitrogens is 1. The van der Waals surface area contributed by atoms with Crippen molar-refractivity contribution in [3.05, 3.63) is 94.3 Å². The van der Waals surface area contributed by atoms with Gasteiger partial charge in [-0.1, -0.05) is 59.9 Å². The quantitative estimate of drug-likeness (QED) is 0.428. The van der Waals surface area contributed by atoms with E-state index in [9.17, 15) is 14.4 Å². The number of carbonyl (C=O) groups excluding carboxylic acids is 2. The number of likely N-dealkylation sites (tertiary alicyclic amines) is 1. The van der Waals surface area contributed by atoms with Gasteiger partial charge in [0.1, 0.15) is 9.83 Å². The lowest BCUT2D eigenvalue weighted by Gasteiger charge is -2.13. The van der Waals surface area contributed by atoms with Gasteiger partial charge in [0.15, 0.2) is 5.78 Å². The van der Waals surface area contributed by atoms with Gasteiger partial charge in [-0.3, -0.25) is 19.5 Å². The van der Waals surface area contributed by atoms with Crippen molar-refractivity contribution in [2.45, 2.75) is 12.5 Å². The minimum Gasteiger partial charge on any atom is -0.334 e. The van der Waals surface area contributed by atoms with E-state index >= 15 is 0 Å². The molecule has 0 radical (unpaired) electrons. The lowest BCUT2D eigenvalue weighted by molar-refractivity contribution is 0.104. The number of carbonyl (C=O) groups is 2. The monoisotopic (exact) mass is 472 g/mol. The van der Waals surface area contributed by atoms with Crippen molar-refractivity contribution < 1.29 is 9.59 Å². The number of thiophene rings is 1. The van der Waals surface area contributed by atoms with Gasteiger partial charge in [-0.05, 0) is 38.2 Å². The van der Waals surface area contributed by atoms with E-state index in [4.69, 9.17) is 0 Å². The van der Waals surface area contributed by atoms with Crippen molar-refractivity contribution in [1.29, 1.82) is 0 Å². The molecule has 2 amide bonds. The van der Waals surface area contributed by atoms with Gasteiger partial charge in [-0.15, -0.1) is 0 Å². The zero-order valence-corrected chi connectivity index (χ0v) is 19.5. The molecule has 7 nitrogen and oxygen atoms in total. The molecule has 0 bridgehead atoms. The zero-order chi connectivity index (χ0) is 23.7. The fourth-order valence-electron chi connectivity index (χ4n) is 4.33. The number of urea groups is 1. The van der Waals surface area contributed by atoms with E-state index in [1.807, 2.05) is 43.4 Å². The topological polar surface area (TPSA) is 83.4 Å². The van der Waals surface area contributed by atoms with E-state index in [0.29, 0.717) is 32.0 Å². The molecule has 1 fully saturated rings. The Morgan fingerprint density at radius 2 is 1.68 bits per heavy atom. The summed E-state index contributed by atoms with van der Waals surface area (Å²) in [7, 11) is 2.02. The van der Waals surface area contributed by atoms with Crippen LogP contribution in [0.25, 0.3) is 15.9 Å². The average Bonchev–Trinajstić information content (AvgIpc) is 3.41. The highest BCUT2D eigenvalue weighted by Gasteiger charge is 2.26. The third kappa shape index (κ3) is 4.25. The molecule has 0 spiro atoms. The number of likely N-dealkylation sites (N-methyl/N-ethyl adjacent to an activating group) is 1. The van der Waals surface area contributed by atoms with Gasteiger partial charge < -0.3 is 10.2 Å². The molecule has 8 heteroatoms. The molecule has 172 valence electrons. The SMILES string of the molecule is CN1CC[C@H](NC(=O)Nc2sc3c(ccc(=O)n3-c3ccccc3)c2C(=O)c2ccccc2)C1. The lowest BCUT2D eigenvalue weighted by Crippen LogP contribution is -2.39. The van der Waals surface area contributed by atoms with Crippen molar-refractivity contribution >= 4 is 38.4 Å². The Hall–Kier alpha value is -3.75. The van der Waals surface area contributed by atoms with Crippen LogP contribution in [0.4, 0.5) is 9.80 Å². The molecule has 4 aromatic rings. The molecule has 2 N–H and O–H groups in total. The third-order valence-electron chi connectivity index (χ3n) is 5.97. The van der Waals surface area contributed by atoms with Crippen molar-refractivity contribution in [2.75, 3.05) is 25.5 Å². The third-order valence-corrected chi connectivity index (χ3v) is 7.08. The van der Waals surface area contributed by atoms with Crippen LogP contribution in [0.2, 0.25) is 0 Å². The molecule has 1 atom stereocenters. The summed E-state index contributed by atoms with van der Waals surface area (Å²) in [5.41, 5.74) is 1.39. The number of pyridine rings is 1. The summed E-state index contributed by atoms with van der Waals surface area (Å²) < 4.78 is 1.58. The molecule has 2 aromatic heterocycles. The standard InChI is InChI=1S/C26H24N4O3S/c1-29-15-14-18(16-29)27-26(33)28-24-22(23(32)17-8-4-2-5-9-17)20-12-13-21(31)30(25(20)34-24)19-10-6-3-7-11-19/h2-13,18H,14-16H2,1H3,(H2,27,28,33)/t18-/m0/s1. The number of nitrogens with one attached hydrogen (secondary N) is 2. The van der Waals surface area contributed by atoms with Crippen LogP contribution in [0, 0.1) is 0 Å². The number of nitrogens with zero attached hydrogens (tertiary/aromatic N) is 2. The second-order valence-corrected chi connectivity index (χ2v) is 9.41. The molecular formula is C26H24N4O3S. The molecule has 0 aliphatic carbocycles. The summed E-state index contributed by atoms with van der Waals surface area (Å²) in [6.45, 7) is 1.71. The summed E-state index contributed by atoms with van der Waals surface area (Å²) in [4.78, 5) is 42.1. The van der Waals surface area contributed by atoms with E-state index in [0.717, 1.165) is 19.5 Å². The van der Waals surface area contributed by atoms with Crippen LogP contribution >= 0.6 is 11.3 Å². The Kier molecular flexibility index (Phi) is 6.00. The zero-order valence-electron chi connectivity index (χ0n) is 18.7. The van der Waals surface area contributed by atoms with Gasteiger partial charge in [0, 0.05) is 29.6 Å². The first-order chi connectivity index (χ1) is 16.5. The average molecular weight is 473 g/mol. The van der Waals surface area contributed by atoms with E-state index in [2.05, 4.69) is 15.5 Å². The van der Waals surface area contributed by atoms with Crippen LogP contribution in [-0.4, -0.2) is 47.5 Å². The van der Waals surface area contributed by atoms with Crippen molar-refractivity contribution in [1.82, 2.24) is 14.8 Å². The number of para-hydroxylation sites is 1. The minimum absolute atomic E-state index is 0.0511. The van der Waals surface area contributed by atoms with Gasteiger partial charge in [0.2, 0.25) is 0 Å². The van der Waals surface area contributed by atoms with Gasteiger partial charge in [0.05, 0.1) is 11.3 Å². The van der Waals surface area contributed by atoms with Gasteiger partial charge in [-0.2, -0.15) is 0 Å². The van der Waals surface area contributed by atoms with Crippen LogP contribution in [0.5, 0.6) is 0 Å². The smallest absolute Gasteiger partial charge is 0.320 e. The number of benzene rings is 2. The first kappa shape index (κ1) is 22.1. The fourth-order valence-corrected chi connectivity index (χ4v) is 5.54. The van der Waals surface area contributed by atoms with Crippen LogP contribution in [0.15, 0.2) is 77.6 Å². The van der Waals surface area contributed by atoms with Crippen molar-refractivity contribution in [3.8, 4) is 5.69 Å². The lowest BCUT2D eigenvalue weighted by atomic mass is 10.0. The Labute approximate surface area is 200 Å². The van der Waals surface area contributed by atoms with Crippen molar-refractivity contribution in [2.24, 2.45) is 0 Å². The highest BCUT2D eigenvalue weighted by Crippen LogP contribution is 2.37. The summed E-state index contributed by atoms with van der Waals surface area (Å²) in [5, 5.41) is 6.95. The van der Waals surface area contributed by atoms with Crippen LogP contribution in [0.1, 0.15) is 22.3 Å². The first-order valence-corrected chi connectivity index (χ1v) is 11.9. The van der Waals surface area contributed by atoms with E-state index in [1.54, 1.807) is 34.9 Å². The Morgan fingerprint density at radius 1 is 0.971 bits per heavy atom. The van der Waals surface area contributed by atoms with E-state index in [1.165, 1.54) is 17.4 Å². The molecule has 1 aliphatic rings. The highest BCUT2D eigenvalue weighted by atomic mass is 32.1. The van der Waals surface area contributed by atoms with Crippen LogP contribution in [-0.2, 0) is 0 Å². The molecule has 2 aromatic carbocycles. The summed E-state index contributed by atoms with van der Waals surface area (Å²) in [6, 6.07) is 21.0. The van der Waals surface area contributed by atoms with Gasteiger partial charge >= 0.3 is 6.03 Å². The Bertz CT molecular complexity index is 1410. The normalized spacial score (nSPS) is 16.0. The van der Waals surface area contributed by atoms with Gasteiger partial charge in [-0.25, -0.2) is 4.79 Å². The Balaban J connectivity index is 1.62. The van der Waals surface area contributed by atoms with Crippen molar-refractivity contribution in [3.63, 3.8) is 0 Å². The molecule has 1 saturated heterocycles. The molecule has 34 heavy (non-hydrogen) atoms. The fraction of sp³-hybridized carbons (Fsp3) is 0.192. The number of amides is 2. The summed E-state index contributed by atoms with van der Waals surface area (Å²) in [6.07, 6.45) is 0.875. The number of fused-ring (bicyclic) bond motifs is 1. The maximum absolute atomic E-state index is 13.6. The Morgan fingerprint density at radius 3 is 2.35 bits per heavy atom. The number of anilines is 1. The minimum atomic E-state index is -0.359. The number of ketones is 1. The predicted octanol–water partition coefficient (Wildman–Crippen LogP) is 4.11. The second-order valence-electron chi connectivity index (χ2n) is 8.41. The summed E-state index contributed by atoms with van der Waals surface area (Å²) >= 11 is 1.23. The predicted molar refractivity (Wildman–Crippen MR) is 135 cm³/mol. The number of hydrogen-bond donors (Lipinski definition) is 2. The summed E-state index contributed by atoms with van der Waals surface area (Å²) in [5.74, 6) is -0.207. The van der Waals surface area contributed by atoms with Crippen LogP contribution in [0.3, 0.4) is 0 Å². The highest BCUT2D eigenvalue weighted by molar-refractivity contribution is 7.23. The molecule has 1 aliphatic heterocycles. The second kappa shape index (κ2) is 9.24. The largest absolute Gasteiger partial charge is 0.334 e. The molecule has 0 saturated carbocycles. The molecule has 5 rings (SSSR count). The first-order valence-electron chi connectivity index (χ1n) is 11.1. The van der Waals surface area contributed by atoms with Crippen LogP contribution < -0.4 is 16.2 Å². The maximum atomic E-state index is 13.6. The number of rotatable bonds is 5. The maximum Gasteiger partial charge on any atom is 0.320 e. The van der Waals surface area contributed by atoms with E-state index in [-0.39, 0.29) is 23.4 Å². The molecule has 3 heterocycles. The van der Waals surface area contributed by atoms with Gasteiger partial charge in [0.25, 0.3) is 5.56 Å². The number of hydrogen-bond acceptors (Lipinski definition) is 5. The van der Waals surface area contributed by atoms with E-state index < -0.39 is 0 Å². The molecular weight excluding hydrogens is 448 g/mol. The molecule has 0 unspecified atom stereocenters.